The van der Waals surface area contributed by atoms with Crippen LogP contribution in [0.1, 0.15) is 24.2 Å². The highest BCUT2D eigenvalue weighted by Gasteiger charge is 2.25. The van der Waals surface area contributed by atoms with Gasteiger partial charge in [0.15, 0.2) is 0 Å². The minimum Gasteiger partial charge on any atom is -0.349 e. The van der Waals surface area contributed by atoms with Crippen molar-refractivity contribution in [2.75, 3.05) is 13.1 Å². The molecule has 2 aromatic rings. The second kappa shape index (κ2) is 7.57. The Kier molecular flexibility index (Phi) is 5.25. The molecule has 1 aromatic heterocycles. The lowest BCUT2D eigenvalue weighted by Gasteiger charge is -2.32. The Bertz CT molecular complexity index is 700. The molecule has 1 aliphatic heterocycles. The van der Waals surface area contributed by atoms with Crippen LogP contribution in [0.15, 0.2) is 36.7 Å². The predicted molar refractivity (Wildman–Crippen MR) is 89.5 cm³/mol. The molecule has 2 heterocycles. The summed E-state index contributed by atoms with van der Waals surface area (Å²) >= 11 is 0. The first-order valence-corrected chi connectivity index (χ1v) is 8.32. The maximum absolute atomic E-state index is 13.3. The molecule has 24 heavy (non-hydrogen) atoms. The monoisotopic (exact) mass is 330 g/mol. The van der Waals surface area contributed by atoms with Gasteiger partial charge in [-0.2, -0.15) is 0 Å². The lowest BCUT2D eigenvalue weighted by molar-refractivity contribution is -0.127. The molecule has 1 aromatic carbocycles. The zero-order valence-corrected chi connectivity index (χ0v) is 13.9. The number of nitrogens with one attached hydrogen (secondary N) is 1. The van der Waals surface area contributed by atoms with Crippen molar-refractivity contribution in [3.63, 3.8) is 0 Å². The summed E-state index contributed by atoms with van der Waals surface area (Å²) in [6.07, 6.45) is 5.47. The average molecular weight is 330 g/mol. The van der Waals surface area contributed by atoms with E-state index in [2.05, 4.69) is 15.2 Å². The van der Waals surface area contributed by atoms with Gasteiger partial charge in [0.1, 0.15) is 11.6 Å². The van der Waals surface area contributed by atoms with E-state index in [4.69, 9.17) is 0 Å². The number of carbonyl (C=O) groups is 1. The van der Waals surface area contributed by atoms with Crippen LogP contribution in [0, 0.1) is 11.7 Å². The molecular formula is C18H23FN4O. The summed E-state index contributed by atoms with van der Waals surface area (Å²) in [4.78, 5) is 18.9. The molecule has 3 rings (SSSR count). The number of imidazole rings is 1. The van der Waals surface area contributed by atoms with Gasteiger partial charge in [-0.1, -0.05) is 12.1 Å². The summed E-state index contributed by atoms with van der Waals surface area (Å²) in [6.45, 7) is 2.78. The number of aromatic nitrogens is 2. The average Bonchev–Trinajstić information content (AvgIpc) is 2.98. The number of amides is 1. The fourth-order valence-electron chi connectivity index (χ4n) is 3.18. The second-order valence-corrected chi connectivity index (χ2v) is 6.38. The molecule has 0 spiro atoms. The summed E-state index contributed by atoms with van der Waals surface area (Å²) in [6, 6.07) is 6.66. The van der Waals surface area contributed by atoms with Crippen molar-refractivity contribution < 1.29 is 9.18 Å². The summed E-state index contributed by atoms with van der Waals surface area (Å²) in [5, 5.41) is 2.98. The van der Waals surface area contributed by atoms with Crippen molar-refractivity contribution in [2.24, 2.45) is 13.0 Å². The summed E-state index contributed by atoms with van der Waals surface area (Å²) in [5.41, 5.74) is 0.948. The number of benzene rings is 1. The van der Waals surface area contributed by atoms with Crippen LogP contribution in [0.4, 0.5) is 4.39 Å². The molecule has 1 N–H and O–H groups in total. The highest BCUT2D eigenvalue weighted by Crippen LogP contribution is 2.19. The SMILES string of the molecule is Cn1ccnc1CNC(=O)[C@@H]1CCCN(Cc2cccc(F)c2)C1. The third kappa shape index (κ3) is 4.20. The largest absolute Gasteiger partial charge is 0.349 e. The second-order valence-electron chi connectivity index (χ2n) is 6.38. The molecule has 1 atom stereocenters. The van der Waals surface area contributed by atoms with Gasteiger partial charge >= 0.3 is 0 Å². The summed E-state index contributed by atoms with van der Waals surface area (Å²) < 4.78 is 15.2. The van der Waals surface area contributed by atoms with Gasteiger partial charge in [-0.3, -0.25) is 9.69 Å². The molecule has 0 aliphatic carbocycles. The fourth-order valence-corrected chi connectivity index (χ4v) is 3.18. The quantitative estimate of drug-likeness (QED) is 0.913. The number of hydrogen-bond acceptors (Lipinski definition) is 3. The number of carbonyl (C=O) groups excluding carboxylic acids is 1. The van der Waals surface area contributed by atoms with Gasteiger partial charge in [-0.25, -0.2) is 9.37 Å². The molecule has 5 nitrogen and oxygen atoms in total. The molecule has 128 valence electrons. The number of aryl methyl sites for hydroxylation is 1. The van der Waals surface area contributed by atoms with Gasteiger partial charge in [0.05, 0.1) is 12.5 Å². The lowest BCUT2D eigenvalue weighted by Crippen LogP contribution is -2.42. The molecule has 0 radical (unpaired) electrons. The standard InChI is InChI=1S/C18H23FN4O/c1-22-9-7-20-17(22)11-21-18(24)15-5-3-8-23(13-15)12-14-4-2-6-16(19)10-14/h2,4,6-7,9-10,15H,3,5,8,11-13H2,1H3,(H,21,24)/t15-/m1/s1. The highest BCUT2D eigenvalue weighted by atomic mass is 19.1. The molecule has 1 amide bonds. The van der Waals surface area contributed by atoms with E-state index in [1.807, 2.05) is 23.9 Å². The van der Waals surface area contributed by atoms with Crippen molar-refractivity contribution in [2.45, 2.75) is 25.9 Å². The predicted octanol–water partition coefficient (Wildman–Crippen LogP) is 2.09. The smallest absolute Gasteiger partial charge is 0.224 e. The van der Waals surface area contributed by atoms with Crippen LogP contribution in [0.5, 0.6) is 0 Å². The van der Waals surface area contributed by atoms with E-state index in [1.54, 1.807) is 18.3 Å². The van der Waals surface area contributed by atoms with Crippen LogP contribution in [0.3, 0.4) is 0 Å². The highest BCUT2D eigenvalue weighted by molar-refractivity contribution is 5.78. The number of nitrogens with zero attached hydrogens (tertiary/aromatic N) is 3. The molecule has 1 saturated heterocycles. The van der Waals surface area contributed by atoms with Crippen LogP contribution >= 0.6 is 0 Å². The Balaban J connectivity index is 1.53. The van der Waals surface area contributed by atoms with Crippen molar-refractivity contribution >= 4 is 5.91 Å². The van der Waals surface area contributed by atoms with E-state index in [0.29, 0.717) is 19.6 Å². The van der Waals surface area contributed by atoms with E-state index >= 15 is 0 Å². The van der Waals surface area contributed by atoms with Gasteiger partial charge in [0.25, 0.3) is 0 Å². The Morgan fingerprint density at radius 3 is 3.08 bits per heavy atom. The van der Waals surface area contributed by atoms with Crippen molar-refractivity contribution in [3.8, 4) is 0 Å². The van der Waals surface area contributed by atoms with Gasteiger partial charge < -0.3 is 9.88 Å². The Labute approximate surface area is 141 Å². The van der Waals surface area contributed by atoms with Gasteiger partial charge in [0, 0.05) is 32.5 Å². The molecule has 0 bridgehead atoms. The number of rotatable bonds is 5. The normalized spacial score (nSPS) is 18.5. The first kappa shape index (κ1) is 16.6. The minimum absolute atomic E-state index is 0.0208. The Morgan fingerprint density at radius 2 is 2.33 bits per heavy atom. The van der Waals surface area contributed by atoms with E-state index in [9.17, 15) is 9.18 Å². The van der Waals surface area contributed by atoms with Gasteiger partial charge in [0.2, 0.25) is 5.91 Å². The van der Waals surface area contributed by atoms with Crippen molar-refractivity contribution in [1.82, 2.24) is 19.8 Å². The molecular weight excluding hydrogens is 307 g/mol. The lowest BCUT2D eigenvalue weighted by atomic mass is 9.96. The molecule has 0 saturated carbocycles. The number of halogens is 1. The maximum atomic E-state index is 13.3. The topological polar surface area (TPSA) is 50.2 Å². The minimum atomic E-state index is -0.214. The fraction of sp³-hybridized carbons (Fsp3) is 0.444. The zero-order chi connectivity index (χ0) is 16.9. The van der Waals surface area contributed by atoms with E-state index < -0.39 is 0 Å². The summed E-state index contributed by atoms with van der Waals surface area (Å²) in [5.74, 6) is 0.680. The Morgan fingerprint density at radius 1 is 1.46 bits per heavy atom. The Hall–Kier alpha value is -2.21. The van der Waals surface area contributed by atoms with Crippen LogP contribution < -0.4 is 5.32 Å². The molecule has 1 aliphatic rings. The van der Waals surface area contributed by atoms with Crippen LogP contribution in [0.25, 0.3) is 0 Å². The zero-order valence-electron chi connectivity index (χ0n) is 13.9. The van der Waals surface area contributed by atoms with E-state index in [0.717, 1.165) is 30.8 Å². The molecule has 6 heteroatoms. The van der Waals surface area contributed by atoms with Crippen LogP contribution in [-0.2, 0) is 24.9 Å². The van der Waals surface area contributed by atoms with Crippen LogP contribution in [0.2, 0.25) is 0 Å². The van der Waals surface area contributed by atoms with Crippen molar-refractivity contribution in [1.29, 1.82) is 0 Å². The number of hydrogen-bond donors (Lipinski definition) is 1. The van der Waals surface area contributed by atoms with E-state index in [-0.39, 0.29) is 17.6 Å². The number of piperidine rings is 1. The summed E-state index contributed by atoms with van der Waals surface area (Å²) in [7, 11) is 1.91. The van der Waals surface area contributed by atoms with Gasteiger partial charge in [-0.05, 0) is 37.1 Å². The first-order chi connectivity index (χ1) is 11.6. The molecule has 0 unspecified atom stereocenters. The van der Waals surface area contributed by atoms with Crippen molar-refractivity contribution in [3.05, 3.63) is 53.9 Å². The maximum Gasteiger partial charge on any atom is 0.224 e. The van der Waals surface area contributed by atoms with Crippen LogP contribution in [-0.4, -0.2) is 33.4 Å². The number of likely N-dealkylation sites (tertiary alicyclic amines) is 1. The van der Waals surface area contributed by atoms with Gasteiger partial charge in [-0.15, -0.1) is 0 Å². The third-order valence-electron chi connectivity index (χ3n) is 4.51. The third-order valence-corrected chi connectivity index (χ3v) is 4.51. The first-order valence-electron chi connectivity index (χ1n) is 8.32. The van der Waals surface area contributed by atoms with E-state index in [1.165, 1.54) is 6.07 Å². The molecule has 1 fully saturated rings.